The molecule has 1 N–H and O–H groups in total. The molecule has 0 unspecified atom stereocenters. The Morgan fingerprint density at radius 3 is 2.25 bits per heavy atom. The number of allylic oxidation sites excluding steroid dienone is 3. The van der Waals surface area contributed by atoms with E-state index >= 15 is 0 Å². The van der Waals surface area contributed by atoms with Crippen LogP contribution in [0.4, 0.5) is 13.2 Å². The summed E-state index contributed by atoms with van der Waals surface area (Å²) in [4.78, 5) is 0. The van der Waals surface area contributed by atoms with Gasteiger partial charge in [0.15, 0.2) is 0 Å². The molecular formula is C12H10F3N. The Balaban J connectivity index is 2.56. The average molecular weight is 225 g/mol. The van der Waals surface area contributed by atoms with Gasteiger partial charge in [-0.2, -0.15) is 13.2 Å². The average Bonchev–Trinajstić information content (AvgIpc) is 2.24. The third-order valence-corrected chi connectivity index (χ3v) is 1.77. The van der Waals surface area contributed by atoms with Crippen molar-refractivity contribution >= 4 is 11.8 Å². The molecule has 0 saturated heterocycles. The van der Waals surface area contributed by atoms with Crippen molar-refractivity contribution in [3.63, 3.8) is 0 Å². The number of rotatable bonds is 3. The Morgan fingerprint density at radius 1 is 1.06 bits per heavy atom. The fraction of sp³-hybridized carbons (Fsp3) is 0.0833. The van der Waals surface area contributed by atoms with Gasteiger partial charge in [-0.1, -0.05) is 48.6 Å². The van der Waals surface area contributed by atoms with Crippen molar-refractivity contribution in [1.29, 1.82) is 5.41 Å². The maximum absolute atomic E-state index is 11.9. The molecule has 1 rings (SSSR count). The molecule has 0 aliphatic carbocycles. The van der Waals surface area contributed by atoms with Crippen LogP contribution in [0.1, 0.15) is 5.56 Å². The molecule has 0 radical (unpaired) electrons. The lowest BCUT2D eigenvalue weighted by Gasteiger charge is -2.01. The molecule has 0 heterocycles. The molecule has 84 valence electrons. The Morgan fingerprint density at radius 2 is 1.69 bits per heavy atom. The van der Waals surface area contributed by atoms with Crippen LogP contribution in [0.25, 0.3) is 6.08 Å². The monoisotopic (exact) mass is 225 g/mol. The third-order valence-electron chi connectivity index (χ3n) is 1.77. The van der Waals surface area contributed by atoms with Gasteiger partial charge in [0.05, 0.1) is 0 Å². The van der Waals surface area contributed by atoms with E-state index in [1.807, 2.05) is 30.3 Å². The lowest BCUT2D eigenvalue weighted by Crippen LogP contribution is -2.18. The van der Waals surface area contributed by atoms with E-state index in [4.69, 9.17) is 5.41 Å². The molecule has 1 nitrogen and oxygen atoms in total. The zero-order valence-electron chi connectivity index (χ0n) is 8.33. The largest absolute Gasteiger partial charge is 0.432 e. The second-order valence-electron chi connectivity index (χ2n) is 3.04. The van der Waals surface area contributed by atoms with Crippen LogP contribution in [0.2, 0.25) is 0 Å². The van der Waals surface area contributed by atoms with Crippen LogP contribution in [0.15, 0.2) is 48.6 Å². The fourth-order valence-electron chi connectivity index (χ4n) is 0.977. The summed E-state index contributed by atoms with van der Waals surface area (Å²) in [5, 5.41) is 6.68. The number of halogens is 3. The zero-order chi connectivity index (χ0) is 12.0. The number of benzene rings is 1. The smallest absolute Gasteiger partial charge is 0.296 e. The van der Waals surface area contributed by atoms with Gasteiger partial charge in [-0.05, 0) is 11.6 Å². The quantitative estimate of drug-likeness (QED) is 0.597. The normalized spacial score (nSPS) is 12.4. The maximum Gasteiger partial charge on any atom is 0.432 e. The minimum atomic E-state index is -4.57. The summed E-state index contributed by atoms with van der Waals surface area (Å²) in [6, 6.07) is 9.19. The Kier molecular flexibility index (Phi) is 4.05. The molecule has 4 heteroatoms. The van der Waals surface area contributed by atoms with Crippen LogP contribution < -0.4 is 0 Å². The molecule has 0 bridgehead atoms. The molecule has 0 saturated carbocycles. The number of hydrogen-bond acceptors (Lipinski definition) is 1. The summed E-state index contributed by atoms with van der Waals surface area (Å²) >= 11 is 0. The summed E-state index contributed by atoms with van der Waals surface area (Å²) in [5.74, 6) is 0. The van der Waals surface area contributed by atoms with Crippen molar-refractivity contribution in [1.82, 2.24) is 0 Å². The zero-order valence-corrected chi connectivity index (χ0v) is 8.33. The summed E-state index contributed by atoms with van der Waals surface area (Å²) in [7, 11) is 0. The van der Waals surface area contributed by atoms with Crippen LogP contribution in [0.3, 0.4) is 0 Å². The maximum atomic E-state index is 11.9. The fourth-order valence-corrected chi connectivity index (χ4v) is 0.977. The van der Waals surface area contributed by atoms with Crippen molar-refractivity contribution in [2.24, 2.45) is 0 Å². The van der Waals surface area contributed by atoms with Gasteiger partial charge in [-0.25, -0.2) is 0 Å². The molecule has 0 fully saturated rings. The summed E-state index contributed by atoms with van der Waals surface area (Å²) < 4.78 is 35.7. The predicted molar refractivity (Wildman–Crippen MR) is 58.4 cm³/mol. The van der Waals surface area contributed by atoms with Crippen molar-refractivity contribution < 1.29 is 13.2 Å². The lowest BCUT2D eigenvalue weighted by atomic mass is 10.2. The highest BCUT2D eigenvalue weighted by atomic mass is 19.4. The van der Waals surface area contributed by atoms with Crippen molar-refractivity contribution in [3.8, 4) is 0 Å². The van der Waals surface area contributed by atoms with E-state index in [0.29, 0.717) is 0 Å². The van der Waals surface area contributed by atoms with Gasteiger partial charge in [0.2, 0.25) is 0 Å². The van der Waals surface area contributed by atoms with E-state index in [2.05, 4.69) is 0 Å². The van der Waals surface area contributed by atoms with Crippen LogP contribution in [-0.4, -0.2) is 11.9 Å². The molecule has 0 aliphatic heterocycles. The van der Waals surface area contributed by atoms with Crippen LogP contribution >= 0.6 is 0 Å². The van der Waals surface area contributed by atoms with E-state index in [1.165, 1.54) is 12.2 Å². The molecule has 0 aliphatic rings. The first kappa shape index (κ1) is 12.2. The van der Waals surface area contributed by atoms with Crippen molar-refractivity contribution in [2.75, 3.05) is 0 Å². The summed E-state index contributed by atoms with van der Waals surface area (Å²) in [6.45, 7) is 0. The van der Waals surface area contributed by atoms with Gasteiger partial charge in [0, 0.05) is 0 Å². The van der Waals surface area contributed by atoms with Gasteiger partial charge >= 0.3 is 6.18 Å². The highest BCUT2D eigenvalue weighted by Crippen LogP contribution is 2.16. The molecule has 16 heavy (non-hydrogen) atoms. The predicted octanol–water partition coefficient (Wildman–Crippen LogP) is 3.84. The second-order valence-corrected chi connectivity index (χ2v) is 3.04. The molecule has 0 spiro atoms. The van der Waals surface area contributed by atoms with Crippen molar-refractivity contribution in [3.05, 3.63) is 54.1 Å². The molecular weight excluding hydrogens is 215 g/mol. The van der Waals surface area contributed by atoms with E-state index < -0.39 is 11.9 Å². The van der Waals surface area contributed by atoms with Crippen LogP contribution in [0.5, 0.6) is 0 Å². The minimum absolute atomic E-state index is 0.722. The van der Waals surface area contributed by atoms with Gasteiger partial charge in [0.25, 0.3) is 0 Å². The van der Waals surface area contributed by atoms with E-state index in [1.54, 1.807) is 6.08 Å². The first-order valence-corrected chi connectivity index (χ1v) is 4.55. The number of hydrogen-bond donors (Lipinski definition) is 1. The van der Waals surface area contributed by atoms with E-state index in [9.17, 15) is 13.2 Å². The van der Waals surface area contributed by atoms with Gasteiger partial charge in [0.1, 0.15) is 5.71 Å². The van der Waals surface area contributed by atoms with Crippen molar-refractivity contribution in [2.45, 2.75) is 6.18 Å². The molecule has 0 aromatic heterocycles. The van der Waals surface area contributed by atoms with Crippen LogP contribution in [-0.2, 0) is 0 Å². The standard InChI is InChI=1S/C12H10F3N/c13-12(14,15)11(16)9-5-4-8-10-6-2-1-3-7-10/h1-9,16H/b8-4?,9-5+,16-11?. The molecule has 0 amide bonds. The second kappa shape index (κ2) is 5.30. The van der Waals surface area contributed by atoms with Gasteiger partial charge in [-0.15, -0.1) is 0 Å². The van der Waals surface area contributed by atoms with E-state index in [0.717, 1.165) is 11.6 Å². The molecule has 1 aromatic rings. The highest BCUT2D eigenvalue weighted by molar-refractivity contribution is 5.97. The highest BCUT2D eigenvalue weighted by Gasteiger charge is 2.31. The number of nitrogens with one attached hydrogen (secondary N) is 1. The third kappa shape index (κ3) is 4.13. The van der Waals surface area contributed by atoms with Crippen LogP contribution in [0, 0.1) is 5.41 Å². The summed E-state index contributed by atoms with van der Waals surface area (Å²) in [6.07, 6.45) is 0.481. The first-order chi connectivity index (χ1) is 7.50. The Hall–Kier alpha value is -1.84. The number of alkyl halides is 3. The topological polar surface area (TPSA) is 23.9 Å². The first-order valence-electron chi connectivity index (χ1n) is 4.55. The minimum Gasteiger partial charge on any atom is -0.296 e. The van der Waals surface area contributed by atoms with Gasteiger partial charge < -0.3 is 0 Å². The Labute approximate surface area is 91.4 Å². The van der Waals surface area contributed by atoms with E-state index in [-0.39, 0.29) is 0 Å². The van der Waals surface area contributed by atoms with Gasteiger partial charge in [-0.3, -0.25) is 5.41 Å². The lowest BCUT2D eigenvalue weighted by molar-refractivity contribution is -0.0584. The molecule has 1 aromatic carbocycles. The Bertz CT molecular complexity index is 402. The SMILES string of the molecule is N=C(/C=C/C=Cc1ccccc1)C(F)(F)F. The summed E-state index contributed by atoms with van der Waals surface area (Å²) in [5.41, 5.74) is -0.462. The molecule has 0 atom stereocenters.